The maximum Gasteiger partial charge on any atom is 0.230 e. The van der Waals surface area contributed by atoms with Crippen LogP contribution in [0.5, 0.6) is 5.75 Å². The third-order valence-corrected chi connectivity index (χ3v) is 5.34. The Hall–Kier alpha value is -2.44. The zero-order valence-electron chi connectivity index (χ0n) is 15.1. The number of imidazole rings is 1. The maximum atomic E-state index is 12.2. The molecule has 0 spiro atoms. The fourth-order valence-electron chi connectivity index (χ4n) is 2.58. The van der Waals surface area contributed by atoms with E-state index in [1.165, 1.54) is 11.8 Å². The summed E-state index contributed by atoms with van der Waals surface area (Å²) >= 11 is 7.35. The first-order valence-electron chi connectivity index (χ1n) is 8.37. The number of nitrogens with one attached hydrogen (secondary N) is 1. The molecule has 1 amide bonds. The minimum atomic E-state index is -0.0427. The number of hydrogen-bond acceptors (Lipinski definition) is 4. The van der Waals surface area contributed by atoms with Gasteiger partial charge in [-0.3, -0.25) is 4.79 Å². The van der Waals surface area contributed by atoms with Gasteiger partial charge in [0, 0.05) is 18.6 Å². The van der Waals surface area contributed by atoms with Crippen molar-refractivity contribution in [3.8, 4) is 17.0 Å². The minimum absolute atomic E-state index is 0.0427. The number of hydrogen-bond donors (Lipinski definition) is 1. The van der Waals surface area contributed by atoms with Crippen molar-refractivity contribution in [2.24, 2.45) is 7.05 Å². The Morgan fingerprint density at radius 3 is 2.78 bits per heavy atom. The summed E-state index contributed by atoms with van der Waals surface area (Å²) in [5.41, 5.74) is 3.00. The zero-order chi connectivity index (χ0) is 19.2. The van der Waals surface area contributed by atoms with Crippen molar-refractivity contribution < 1.29 is 9.53 Å². The number of rotatable bonds is 7. The van der Waals surface area contributed by atoms with Crippen LogP contribution < -0.4 is 10.1 Å². The van der Waals surface area contributed by atoms with Crippen LogP contribution in [0, 0.1) is 0 Å². The van der Waals surface area contributed by atoms with Crippen LogP contribution in [0.1, 0.15) is 5.56 Å². The predicted molar refractivity (Wildman–Crippen MR) is 109 cm³/mol. The summed E-state index contributed by atoms with van der Waals surface area (Å²) in [6.07, 6.45) is 1.81. The molecular weight excluding hydrogens is 382 g/mol. The largest absolute Gasteiger partial charge is 0.497 e. The SMILES string of the molecule is COc1cccc(CNC(=O)CSc2ncc(-c3ccc(Cl)cc3)n2C)c1. The van der Waals surface area contributed by atoms with Gasteiger partial charge in [0.25, 0.3) is 0 Å². The van der Waals surface area contributed by atoms with E-state index < -0.39 is 0 Å². The molecule has 3 aromatic rings. The highest BCUT2D eigenvalue weighted by molar-refractivity contribution is 7.99. The normalized spacial score (nSPS) is 10.6. The summed E-state index contributed by atoms with van der Waals surface area (Å²) < 4.78 is 7.17. The summed E-state index contributed by atoms with van der Waals surface area (Å²) in [4.78, 5) is 16.6. The third kappa shape index (κ3) is 5.05. The van der Waals surface area contributed by atoms with E-state index in [0.717, 1.165) is 27.7 Å². The molecule has 0 bridgehead atoms. The van der Waals surface area contributed by atoms with Crippen molar-refractivity contribution in [2.75, 3.05) is 12.9 Å². The van der Waals surface area contributed by atoms with Crippen molar-refractivity contribution in [3.05, 3.63) is 65.3 Å². The number of amides is 1. The monoisotopic (exact) mass is 401 g/mol. The van der Waals surface area contributed by atoms with Gasteiger partial charge in [0.05, 0.1) is 24.8 Å². The van der Waals surface area contributed by atoms with E-state index >= 15 is 0 Å². The second kappa shape index (κ2) is 8.97. The number of aromatic nitrogens is 2. The van der Waals surface area contributed by atoms with Gasteiger partial charge in [-0.2, -0.15) is 0 Å². The van der Waals surface area contributed by atoms with Crippen LogP contribution in [-0.2, 0) is 18.4 Å². The van der Waals surface area contributed by atoms with E-state index in [-0.39, 0.29) is 5.91 Å². The molecule has 1 N–H and O–H groups in total. The fourth-order valence-corrected chi connectivity index (χ4v) is 3.49. The van der Waals surface area contributed by atoms with Crippen LogP contribution in [0.4, 0.5) is 0 Å². The third-order valence-electron chi connectivity index (χ3n) is 4.04. The average Bonchev–Trinajstić information content (AvgIpc) is 3.06. The van der Waals surface area contributed by atoms with Gasteiger partial charge < -0.3 is 14.6 Å². The number of thioether (sulfide) groups is 1. The van der Waals surface area contributed by atoms with Gasteiger partial charge in [-0.1, -0.05) is 47.6 Å². The van der Waals surface area contributed by atoms with E-state index in [2.05, 4.69) is 10.3 Å². The van der Waals surface area contributed by atoms with Crippen LogP contribution >= 0.6 is 23.4 Å². The predicted octanol–water partition coefficient (Wildman–Crippen LogP) is 4.16. The molecule has 0 radical (unpaired) electrons. The molecule has 0 saturated heterocycles. The Bertz CT molecular complexity index is 925. The summed E-state index contributed by atoms with van der Waals surface area (Å²) in [6.45, 7) is 0.465. The molecule has 140 valence electrons. The zero-order valence-corrected chi connectivity index (χ0v) is 16.7. The summed E-state index contributed by atoms with van der Waals surface area (Å²) in [5.74, 6) is 1.03. The lowest BCUT2D eigenvalue weighted by molar-refractivity contribution is -0.118. The lowest BCUT2D eigenvalue weighted by Crippen LogP contribution is -2.24. The molecule has 7 heteroatoms. The smallest absolute Gasteiger partial charge is 0.230 e. The van der Waals surface area contributed by atoms with E-state index in [9.17, 15) is 4.79 Å². The molecule has 0 saturated carbocycles. The van der Waals surface area contributed by atoms with Crippen LogP contribution in [-0.4, -0.2) is 28.3 Å². The first kappa shape index (κ1) is 19.3. The number of benzene rings is 2. The molecule has 0 aliphatic heterocycles. The van der Waals surface area contributed by atoms with Crippen molar-refractivity contribution >= 4 is 29.3 Å². The van der Waals surface area contributed by atoms with Crippen LogP contribution in [0.25, 0.3) is 11.3 Å². The molecule has 1 heterocycles. The van der Waals surface area contributed by atoms with Crippen LogP contribution in [0.2, 0.25) is 5.02 Å². The second-order valence-electron chi connectivity index (χ2n) is 5.91. The molecule has 3 rings (SSSR count). The van der Waals surface area contributed by atoms with Crippen molar-refractivity contribution in [1.82, 2.24) is 14.9 Å². The Balaban J connectivity index is 1.55. The standard InChI is InChI=1S/C20H20ClN3O2S/c1-24-18(15-6-8-16(21)9-7-15)12-23-20(24)27-13-19(25)22-11-14-4-3-5-17(10-14)26-2/h3-10,12H,11,13H2,1-2H3,(H,22,25). The van der Waals surface area contributed by atoms with E-state index in [0.29, 0.717) is 17.3 Å². The number of halogens is 1. The molecule has 1 aromatic heterocycles. The number of nitrogens with zero attached hydrogens (tertiary/aromatic N) is 2. The summed E-state index contributed by atoms with van der Waals surface area (Å²) in [5, 5.41) is 4.40. The Morgan fingerprint density at radius 1 is 1.26 bits per heavy atom. The van der Waals surface area contributed by atoms with Gasteiger partial charge in [0.2, 0.25) is 5.91 Å². The second-order valence-corrected chi connectivity index (χ2v) is 7.29. The van der Waals surface area contributed by atoms with Gasteiger partial charge >= 0.3 is 0 Å². The number of carbonyl (C=O) groups excluding carboxylic acids is 1. The van der Waals surface area contributed by atoms with Crippen molar-refractivity contribution in [2.45, 2.75) is 11.7 Å². The highest BCUT2D eigenvalue weighted by Gasteiger charge is 2.11. The number of methoxy groups -OCH3 is 1. The molecule has 2 aromatic carbocycles. The van der Waals surface area contributed by atoms with E-state index in [1.54, 1.807) is 13.3 Å². The molecule has 0 unspecified atom stereocenters. The number of ether oxygens (including phenoxy) is 1. The molecular formula is C20H20ClN3O2S. The Kier molecular flexibility index (Phi) is 6.42. The van der Waals surface area contributed by atoms with Crippen LogP contribution in [0.3, 0.4) is 0 Å². The molecule has 0 aliphatic carbocycles. The first-order chi connectivity index (χ1) is 13.1. The quantitative estimate of drug-likeness (QED) is 0.604. The molecule has 0 atom stereocenters. The van der Waals surface area contributed by atoms with Gasteiger partial charge in [-0.05, 0) is 35.4 Å². The van der Waals surface area contributed by atoms with Gasteiger partial charge in [0.15, 0.2) is 5.16 Å². The lowest BCUT2D eigenvalue weighted by Gasteiger charge is -2.08. The highest BCUT2D eigenvalue weighted by atomic mass is 35.5. The minimum Gasteiger partial charge on any atom is -0.497 e. The lowest BCUT2D eigenvalue weighted by atomic mass is 10.2. The van der Waals surface area contributed by atoms with Gasteiger partial charge in [0.1, 0.15) is 5.75 Å². The highest BCUT2D eigenvalue weighted by Crippen LogP contribution is 2.25. The van der Waals surface area contributed by atoms with E-state index in [4.69, 9.17) is 16.3 Å². The average molecular weight is 402 g/mol. The van der Waals surface area contributed by atoms with E-state index in [1.807, 2.05) is 60.1 Å². The Labute approximate surface area is 167 Å². The van der Waals surface area contributed by atoms with Gasteiger partial charge in [-0.25, -0.2) is 4.98 Å². The summed E-state index contributed by atoms with van der Waals surface area (Å²) in [7, 11) is 3.56. The van der Waals surface area contributed by atoms with Crippen LogP contribution in [0.15, 0.2) is 59.9 Å². The number of carbonyl (C=O) groups is 1. The Morgan fingerprint density at radius 2 is 2.04 bits per heavy atom. The fraction of sp³-hybridized carbons (Fsp3) is 0.200. The molecule has 27 heavy (non-hydrogen) atoms. The van der Waals surface area contributed by atoms with Crippen molar-refractivity contribution in [3.63, 3.8) is 0 Å². The molecule has 5 nitrogen and oxygen atoms in total. The summed E-state index contributed by atoms with van der Waals surface area (Å²) in [6, 6.07) is 15.2. The molecule has 0 aliphatic rings. The topological polar surface area (TPSA) is 56.1 Å². The maximum absolute atomic E-state index is 12.2. The van der Waals surface area contributed by atoms with Crippen molar-refractivity contribution in [1.29, 1.82) is 0 Å². The molecule has 0 fully saturated rings. The first-order valence-corrected chi connectivity index (χ1v) is 9.73. The van der Waals surface area contributed by atoms with Gasteiger partial charge in [-0.15, -0.1) is 0 Å².